The van der Waals surface area contributed by atoms with E-state index in [1.165, 1.54) is 0 Å². The van der Waals surface area contributed by atoms with Crippen LogP contribution in [-0.2, 0) is 14.3 Å². The number of likely N-dealkylation sites (N-methyl/N-ethyl adjacent to an activating group) is 1. The molecule has 0 aromatic heterocycles. The molecule has 0 spiro atoms. The summed E-state index contributed by atoms with van der Waals surface area (Å²) in [6, 6.07) is 0.0622. The summed E-state index contributed by atoms with van der Waals surface area (Å²) < 4.78 is 11.0. The third-order valence-electron chi connectivity index (χ3n) is 5.79. The number of amides is 1. The second-order valence-corrected chi connectivity index (χ2v) is 8.16. The van der Waals surface area contributed by atoms with Crippen LogP contribution in [0.25, 0.3) is 0 Å². The number of rotatable bonds is 10. The molecule has 2 heterocycles. The fourth-order valence-electron chi connectivity index (χ4n) is 4.17. The van der Waals surface area contributed by atoms with Gasteiger partial charge in [0, 0.05) is 67.6 Å². The summed E-state index contributed by atoms with van der Waals surface area (Å²) in [6.07, 6.45) is 6.48. The molecule has 0 aromatic carbocycles. The van der Waals surface area contributed by atoms with Gasteiger partial charge in [0.25, 0.3) is 0 Å². The van der Waals surface area contributed by atoms with Crippen molar-refractivity contribution in [3.05, 3.63) is 0 Å². The van der Waals surface area contributed by atoms with Crippen molar-refractivity contribution in [2.45, 2.75) is 50.7 Å². The standard InChI is InChI=1S/C21H41N5O3/c1-22-21(26-14-9-18(10-15-26)29-17-7-16-28-4)23-11-6-13-25-12-5-8-19(25)20(27)24(2)3/h18-19H,5-17H2,1-4H3,(H,22,23). The molecule has 2 fully saturated rings. The van der Waals surface area contributed by atoms with Gasteiger partial charge in [-0.15, -0.1) is 0 Å². The number of ether oxygens (including phenoxy) is 2. The number of guanidine groups is 1. The predicted molar refractivity (Wildman–Crippen MR) is 116 cm³/mol. The highest BCUT2D eigenvalue weighted by atomic mass is 16.5. The van der Waals surface area contributed by atoms with Crippen LogP contribution in [-0.4, -0.2) is 113 Å². The highest BCUT2D eigenvalue weighted by Gasteiger charge is 2.31. The molecule has 2 rings (SSSR count). The maximum Gasteiger partial charge on any atom is 0.239 e. The van der Waals surface area contributed by atoms with Crippen LogP contribution in [0.4, 0.5) is 0 Å². The fourth-order valence-corrected chi connectivity index (χ4v) is 4.17. The lowest BCUT2D eigenvalue weighted by Crippen LogP contribution is -2.48. The molecule has 2 saturated heterocycles. The van der Waals surface area contributed by atoms with Gasteiger partial charge in [0.15, 0.2) is 5.96 Å². The number of nitrogens with zero attached hydrogens (tertiary/aromatic N) is 4. The molecule has 0 aliphatic carbocycles. The van der Waals surface area contributed by atoms with Crippen LogP contribution in [0.5, 0.6) is 0 Å². The summed E-state index contributed by atoms with van der Waals surface area (Å²) in [6.45, 7) is 6.33. The summed E-state index contributed by atoms with van der Waals surface area (Å²) in [5.41, 5.74) is 0. The molecule has 0 aromatic rings. The lowest BCUT2D eigenvalue weighted by Gasteiger charge is -2.34. The Hall–Kier alpha value is -1.38. The van der Waals surface area contributed by atoms with Gasteiger partial charge in [-0.05, 0) is 45.1 Å². The van der Waals surface area contributed by atoms with E-state index in [1.54, 1.807) is 12.0 Å². The summed E-state index contributed by atoms with van der Waals surface area (Å²) in [4.78, 5) is 23.1. The van der Waals surface area contributed by atoms with Crippen LogP contribution in [0.15, 0.2) is 4.99 Å². The van der Waals surface area contributed by atoms with E-state index in [0.717, 1.165) is 90.4 Å². The van der Waals surface area contributed by atoms with Crippen LogP contribution in [0.2, 0.25) is 0 Å². The third kappa shape index (κ3) is 7.75. The minimum Gasteiger partial charge on any atom is -0.385 e. The van der Waals surface area contributed by atoms with Gasteiger partial charge in [-0.3, -0.25) is 14.7 Å². The first kappa shape index (κ1) is 23.9. The molecular weight excluding hydrogens is 370 g/mol. The van der Waals surface area contributed by atoms with Gasteiger partial charge < -0.3 is 24.6 Å². The zero-order chi connectivity index (χ0) is 21.1. The average molecular weight is 412 g/mol. The van der Waals surface area contributed by atoms with Crippen molar-refractivity contribution in [1.82, 2.24) is 20.0 Å². The molecule has 168 valence electrons. The molecule has 0 saturated carbocycles. The molecule has 2 aliphatic rings. The van der Waals surface area contributed by atoms with Gasteiger partial charge >= 0.3 is 0 Å². The number of carbonyl (C=O) groups is 1. The maximum absolute atomic E-state index is 12.3. The number of aliphatic imine (C=N–C) groups is 1. The Bertz CT molecular complexity index is 507. The van der Waals surface area contributed by atoms with Crippen molar-refractivity contribution >= 4 is 11.9 Å². The van der Waals surface area contributed by atoms with E-state index < -0.39 is 0 Å². The third-order valence-corrected chi connectivity index (χ3v) is 5.79. The van der Waals surface area contributed by atoms with E-state index in [4.69, 9.17) is 9.47 Å². The molecule has 1 atom stereocenters. The Morgan fingerprint density at radius 2 is 1.90 bits per heavy atom. The van der Waals surface area contributed by atoms with Gasteiger partial charge in [-0.25, -0.2) is 0 Å². The minimum absolute atomic E-state index is 0.0622. The van der Waals surface area contributed by atoms with E-state index in [-0.39, 0.29) is 11.9 Å². The molecule has 2 aliphatic heterocycles. The SMILES string of the molecule is CN=C(NCCCN1CCCC1C(=O)N(C)C)N1CCC(OCCCOC)CC1. The average Bonchev–Trinajstić information content (AvgIpc) is 3.19. The number of hydrogen-bond acceptors (Lipinski definition) is 5. The fraction of sp³-hybridized carbons (Fsp3) is 0.905. The van der Waals surface area contributed by atoms with Crippen molar-refractivity contribution in [1.29, 1.82) is 0 Å². The number of methoxy groups -OCH3 is 1. The molecule has 1 N–H and O–H groups in total. The monoisotopic (exact) mass is 411 g/mol. The lowest BCUT2D eigenvalue weighted by molar-refractivity contribution is -0.133. The maximum atomic E-state index is 12.3. The van der Waals surface area contributed by atoms with E-state index in [0.29, 0.717) is 6.10 Å². The van der Waals surface area contributed by atoms with Crippen molar-refractivity contribution in [3.63, 3.8) is 0 Å². The minimum atomic E-state index is 0.0622. The van der Waals surface area contributed by atoms with Gasteiger partial charge in [0.2, 0.25) is 5.91 Å². The highest BCUT2D eigenvalue weighted by Crippen LogP contribution is 2.19. The van der Waals surface area contributed by atoms with Gasteiger partial charge in [0.1, 0.15) is 0 Å². The summed E-state index contributed by atoms with van der Waals surface area (Å²) in [5, 5.41) is 3.50. The Morgan fingerprint density at radius 3 is 2.55 bits per heavy atom. The smallest absolute Gasteiger partial charge is 0.239 e. The van der Waals surface area contributed by atoms with Crippen LogP contribution < -0.4 is 5.32 Å². The molecule has 8 heteroatoms. The topological polar surface area (TPSA) is 69.6 Å². The van der Waals surface area contributed by atoms with Crippen LogP contribution in [0.3, 0.4) is 0 Å². The van der Waals surface area contributed by atoms with Gasteiger partial charge in [-0.2, -0.15) is 0 Å². The van der Waals surface area contributed by atoms with E-state index in [1.807, 2.05) is 21.1 Å². The molecule has 0 bridgehead atoms. The van der Waals surface area contributed by atoms with Crippen molar-refractivity contribution < 1.29 is 14.3 Å². The highest BCUT2D eigenvalue weighted by molar-refractivity contribution is 5.81. The van der Waals surface area contributed by atoms with E-state index in [9.17, 15) is 4.79 Å². The van der Waals surface area contributed by atoms with E-state index >= 15 is 0 Å². The molecule has 1 unspecified atom stereocenters. The second kappa shape index (κ2) is 13.0. The number of carbonyl (C=O) groups excluding carboxylic acids is 1. The van der Waals surface area contributed by atoms with Crippen LogP contribution in [0, 0.1) is 0 Å². The Labute approximate surface area is 176 Å². The van der Waals surface area contributed by atoms with Gasteiger partial charge in [-0.1, -0.05) is 0 Å². The van der Waals surface area contributed by atoms with Crippen molar-refractivity contribution in [3.8, 4) is 0 Å². The molecule has 8 nitrogen and oxygen atoms in total. The quantitative estimate of drug-likeness (QED) is 0.329. The molecule has 29 heavy (non-hydrogen) atoms. The second-order valence-electron chi connectivity index (χ2n) is 8.16. The zero-order valence-electron chi connectivity index (χ0n) is 18.9. The first-order valence-corrected chi connectivity index (χ1v) is 11.1. The normalized spacial score (nSPS) is 21.6. The number of hydrogen-bond donors (Lipinski definition) is 1. The zero-order valence-corrected chi connectivity index (χ0v) is 18.9. The summed E-state index contributed by atoms with van der Waals surface area (Å²) in [5.74, 6) is 1.21. The number of nitrogens with one attached hydrogen (secondary N) is 1. The van der Waals surface area contributed by atoms with Crippen LogP contribution >= 0.6 is 0 Å². The van der Waals surface area contributed by atoms with Crippen molar-refractivity contribution in [2.24, 2.45) is 4.99 Å². The van der Waals surface area contributed by atoms with Crippen LogP contribution in [0.1, 0.15) is 38.5 Å². The van der Waals surface area contributed by atoms with Crippen molar-refractivity contribution in [2.75, 3.05) is 74.2 Å². The Morgan fingerprint density at radius 1 is 1.14 bits per heavy atom. The van der Waals surface area contributed by atoms with E-state index in [2.05, 4.69) is 20.1 Å². The largest absolute Gasteiger partial charge is 0.385 e. The molecule has 0 radical (unpaired) electrons. The predicted octanol–water partition coefficient (Wildman–Crippen LogP) is 1.02. The Kier molecular flexibility index (Phi) is 10.7. The Balaban J connectivity index is 1.64. The molecular formula is C21H41N5O3. The number of piperidine rings is 1. The molecule has 1 amide bonds. The summed E-state index contributed by atoms with van der Waals surface area (Å²) >= 11 is 0. The summed E-state index contributed by atoms with van der Waals surface area (Å²) in [7, 11) is 7.27. The van der Waals surface area contributed by atoms with Gasteiger partial charge in [0.05, 0.1) is 12.1 Å². The number of likely N-dealkylation sites (tertiary alicyclic amines) is 2. The lowest BCUT2D eigenvalue weighted by atomic mass is 10.1. The first-order valence-electron chi connectivity index (χ1n) is 11.1. The first-order chi connectivity index (χ1) is 14.1.